The van der Waals surface area contributed by atoms with Crippen molar-refractivity contribution in [3.05, 3.63) is 35.4 Å². The van der Waals surface area contributed by atoms with Crippen molar-refractivity contribution in [3.8, 4) is 0 Å². The minimum atomic E-state index is -0.118. The van der Waals surface area contributed by atoms with E-state index in [1.807, 2.05) is 25.9 Å². The Kier molecular flexibility index (Phi) is 3.48. The molecule has 0 aromatic heterocycles. The van der Waals surface area contributed by atoms with Crippen LogP contribution in [0.4, 0.5) is 0 Å². The van der Waals surface area contributed by atoms with Gasteiger partial charge in [-0.25, -0.2) is 0 Å². The van der Waals surface area contributed by atoms with Crippen molar-refractivity contribution in [3.63, 3.8) is 0 Å². The second kappa shape index (κ2) is 4.88. The highest BCUT2D eigenvalue weighted by Gasteiger charge is 2.29. The van der Waals surface area contributed by atoms with Crippen molar-refractivity contribution in [2.45, 2.75) is 31.8 Å². The smallest absolute Gasteiger partial charge is 0.239 e. The Balaban J connectivity index is 2.17. The van der Waals surface area contributed by atoms with Crippen molar-refractivity contribution in [1.82, 2.24) is 10.2 Å². The Morgan fingerprint density at radius 3 is 2.88 bits per heavy atom. The zero-order valence-electron chi connectivity index (χ0n) is 10.7. The van der Waals surface area contributed by atoms with Crippen molar-refractivity contribution in [2.75, 3.05) is 14.1 Å². The van der Waals surface area contributed by atoms with Gasteiger partial charge in [0.1, 0.15) is 0 Å². The maximum absolute atomic E-state index is 12.1. The summed E-state index contributed by atoms with van der Waals surface area (Å²) in [4.78, 5) is 14.0. The average molecular weight is 232 g/mol. The molecule has 0 bridgehead atoms. The number of nitrogens with zero attached hydrogens (tertiary/aromatic N) is 1. The van der Waals surface area contributed by atoms with Crippen LogP contribution in [0, 0.1) is 0 Å². The Labute approximate surface area is 103 Å². The lowest BCUT2D eigenvalue weighted by atomic mass is 10.1. The molecule has 2 atom stereocenters. The minimum Gasteiger partial charge on any atom is -0.337 e. The third kappa shape index (κ3) is 2.20. The Bertz CT molecular complexity index is 416. The van der Waals surface area contributed by atoms with E-state index < -0.39 is 0 Å². The standard InChI is InChI=1S/C14H20N2O/c1-10(15-2)14(17)16(3)13-9-8-11-6-4-5-7-12(11)13/h4-7,10,13,15H,8-9H2,1-3H3. The molecule has 0 aliphatic heterocycles. The number of amides is 1. The van der Waals surface area contributed by atoms with Crippen LogP contribution in [0.2, 0.25) is 0 Å². The van der Waals surface area contributed by atoms with Gasteiger partial charge in [-0.2, -0.15) is 0 Å². The number of carbonyl (C=O) groups is 1. The van der Waals surface area contributed by atoms with Gasteiger partial charge in [0, 0.05) is 7.05 Å². The fraction of sp³-hybridized carbons (Fsp3) is 0.500. The molecular formula is C14H20N2O. The van der Waals surface area contributed by atoms with Crippen molar-refractivity contribution >= 4 is 5.91 Å². The lowest BCUT2D eigenvalue weighted by molar-refractivity contribution is -0.133. The molecule has 1 aliphatic rings. The van der Waals surface area contributed by atoms with Crippen molar-refractivity contribution in [1.29, 1.82) is 0 Å². The summed E-state index contributed by atoms with van der Waals surface area (Å²) in [5.74, 6) is 0.161. The SMILES string of the molecule is CNC(C)C(=O)N(C)C1CCc2ccccc21. The van der Waals surface area contributed by atoms with E-state index in [1.54, 1.807) is 0 Å². The maximum Gasteiger partial charge on any atom is 0.239 e. The first kappa shape index (κ1) is 12.1. The number of fused-ring (bicyclic) bond motifs is 1. The molecule has 0 saturated carbocycles. The topological polar surface area (TPSA) is 32.3 Å². The monoisotopic (exact) mass is 232 g/mol. The first-order valence-electron chi connectivity index (χ1n) is 6.17. The highest BCUT2D eigenvalue weighted by molar-refractivity contribution is 5.81. The number of likely N-dealkylation sites (N-methyl/N-ethyl adjacent to an activating group) is 2. The predicted molar refractivity (Wildman–Crippen MR) is 68.8 cm³/mol. The molecule has 2 rings (SSSR count). The van der Waals surface area contributed by atoms with E-state index in [0.29, 0.717) is 0 Å². The highest BCUT2D eigenvalue weighted by Crippen LogP contribution is 2.34. The van der Waals surface area contributed by atoms with Crippen LogP contribution in [0.25, 0.3) is 0 Å². The summed E-state index contributed by atoms with van der Waals surface area (Å²) < 4.78 is 0. The summed E-state index contributed by atoms with van der Waals surface area (Å²) in [6.45, 7) is 1.90. The van der Waals surface area contributed by atoms with Gasteiger partial charge in [-0.05, 0) is 37.9 Å². The van der Waals surface area contributed by atoms with Crippen LogP contribution < -0.4 is 5.32 Å². The molecule has 0 heterocycles. The molecule has 0 saturated heterocycles. The van der Waals surface area contributed by atoms with Crippen LogP contribution in [-0.2, 0) is 11.2 Å². The number of aryl methyl sites for hydroxylation is 1. The lowest BCUT2D eigenvalue weighted by Crippen LogP contribution is -2.42. The zero-order valence-corrected chi connectivity index (χ0v) is 10.7. The van der Waals surface area contributed by atoms with E-state index in [-0.39, 0.29) is 18.0 Å². The number of rotatable bonds is 3. The van der Waals surface area contributed by atoms with Crippen molar-refractivity contribution < 1.29 is 4.79 Å². The van der Waals surface area contributed by atoms with E-state index in [9.17, 15) is 4.79 Å². The molecule has 0 spiro atoms. The van der Waals surface area contributed by atoms with Crippen LogP contribution in [0.15, 0.2) is 24.3 Å². The maximum atomic E-state index is 12.1. The number of nitrogens with one attached hydrogen (secondary N) is 1. The molecule has 1 aliphatic carbocycles. The summed E-state index contributed by atoms with van der Waals surface area (Å²) >= 11 is 0. The third-order valence-electron chi connectivity index (χ3n) is 3.72. The first-order chi connectivity index (χ1) is 8.15. The molecule has 17 heavy (non-hydrogen) atoms. The molecule has 0 radical (unpaired) electrons. The van der Waals surface area contributed by atoms with Gasteiger partial charge in [-0.3, -0.25) is 4.79 Å². The fourth-order valence-electron chi connectivity index (χ4n) is 2.52. The van der Waals surface area contributed by atoms with Crippen molar-refractivity contribution in [2.24, 2.45) is 0 Å². The zero-order chi connectivity index (χ0) is 12.4. The van der Waals surface area contributed by atoms with Crippen LogP contribution >= 0.6 is 0 Å². The van der Waals surface area contributed by atoms with Gasteiger partial charge in [0.05, 0.1) is 12.1 Å². The Morgan fingerprint density at radius 2 is 2.18 bits per heavy atom. The molecule has 1 aromatic carbocycles. The second-order valence-corrected chi connectivity index (χ2v) is 4.71. The van der Waals surface area contributed by atoms with Gasteiger partial charge in [-0.15, -0.1) is 0 Å². The Hall–Kier alpha value is -1.35. The van der Waals surface area contributed by atoms with E-state index in [4.69, 9.17) is 0 Å². The van der Waals surface area contributed by atoms with Crippen LogP contribution in [0.3, 0.4) is 0 Å². The van der Waals surface area contributed by atoms with E-state index in [2.05, 4.69) is 29.6 Å². The summed E-state index contributed by atoms with van der Waals surface area (Å²) in [5, 5.41) is 3.00. The normalized spacial score (nSPS) is 19.8. The molecule has 3 nitrogen and oxygen atoms in total. The second-order valence-electron chi connectivity index (χ2n) is 4.71. The first-order valence-corrected chi connectivity index (χ1v) is 6.17. The summed E-state index contributed by atoms with van der Waals surface area (Å²) in [6, 6.07) is 8.55. The van der Waals surface area contributed by atoms with Crippen LogP contribution in [-0.4, -0.2) is 30.9 Å². The predicted octanol–water partition coefficient (Wildman–Crippen LogP) is 1.74. The average Bonchev–Trinajstić information content (AvgIpc) is 2.79. The van der Waals surface area contributed by atoms with E-state index in [1.165, 1.54) is 11.1 Å². The molecule has 1 N–H and O–H groups in total. The molecule has 1 aromatic rings. The van der Waals surface area contributed by atoms with Gasteiger partial charge >= 0.3 is 0 Å². The van der Waals surface area contributed by atoms with Gasteiger partial charge in [0.2, 0.25) is 5.91 Å². The van der Waals surface area contributed by atoms with Crippen LogP contribution in [0.1, 0.15) is 30.5 Å². The Morgan fingerprint density at radius 1 is 1.47 bits per heavy atom. The van der Waals surface area contributed by atoms with E-state index >= 15 is 0 Å². The third-order valence-corrected chi connectivity index (χ3v) is 3.72. The van der Waals surface area contributed by atoms with Crippen LogP contribution in [0.5, 0.6) is 0 Å². The van der Waals surface area contributed by atoms with E-state index in [0.717, 1.165) is 12.8 Å². The molecule has 2 unspecified atom stereocenters. The molecule has 0 fully saturated rings. The van der Waals surface area contributed by atoms with Gasteiger partial charge in [-0.1, -0.05) is 24.3 Å². The van der Waals surface area contributed by atoms with Gasteiger partial charge in [0.15, 0.2) is 0 Å². The number of benzene rings is 1. The largest absolute Gasteiger partial charge is 0.337 e. The number of carbonyl (C=O) groups excluding carboxylic acids is 1. The van der Waals surface area contributed by atoms with Gasteiger partial charge < -0.3 is 10.2 Å². The molecule has 1 amide bonds. The minimum absolute atomic E-state index is 0.118. The summed E-state index contributed by atoms with van der Waals surface area (Å²) in [5.41, 5.74) is 2.70. The quantitative estimate of drug-likeness (QED) is 0.861. The summed E-state index contributed by atoms with van der Waals surface area (Å²) in [7, 11) is 3.72. The lowest BCUT2D eigenvalue weighted by Gasteiger charge is -2.28. The fourth-order valence-corrected chi connectivity index (χ4v) is 2.52. The number of hydrogen-bond donors (Lipinski definition) is 1. The number of hydrogen-bond acceptors (Lipinski definition) is 2. The molecule has 92 valence electrons. The summed E-state index contributed by atoms with van der Waals surface area (Å²) in [6.07, 6.45) is 2.12. The highest BCUT2D eigenvalue weighted by atomic mass is 16.2. The molecular weight excluding hydrogens is 212 g/mol. The molecule has 3 heteroatoms. The van der Waals surface area contributed by atoms with Gasteiger partial charge in [0.25, 0.3) is 0 Å².